The van der Waals surface area contributed by atoms with Crippen molar-refractivity contribution in [3.05, 3.63) is 29.6 Å². The summed E-state index contributed by atoms with van der Waals surface area (Å²) in [4.78, 5) is 12.2. The molecule has 98 valence electrons. The van der Waals surface area contributed by atoms with E-state index in [0.29, 0.717) is 12.5 Å². The molecule has 1 aliphatic carbocycles. The van der Waals surface area contributed by atoms with Gasteiger partial charge in [0.1, 0.15) is 17.1 Å². The number of ether oxygens (including phenoxy) is 1. The van der Waals surface area contributed by atoms with Crippen molar-refractivity contribution in [2.75, 3.05) is 13.7 Å². The smallest absolute Gasteiger partial charge is 0.258 e. The van der Waals surface area contributed by atoms with E-state index in [2.05, 4.69) is 21.2 Å². The zero-order valence-corrected chi connectivity index (χ0v) is 11.7. The Kier molecular flexibility index (Phi) is 4.22. The number of alkyl halides is 1. The molecule has 1 atom stereocenters. The van der Waals surface area contributed by atoms with E-state index in [4.69, 9.17) is 4.74 Å². The summed E-state index contributed by atoms with van der Waals surface area (Å²) in [6.45, 7) is 0.501. The van der Waals surface area contributed by atoms with Crippen LogP contribution in [0.25, 0.3) is 0 Å². The number of benzene rings is 1. The third-order valence-corrected chi connectivity index (χ3v) is 4.08. The fraction of sp³-hybridized carbons (Fsp3) is 0.462. The molecule has 1 fully saturated rings. The van der Waals surface area contributed by atoms with Gasteiger partial charge >= 0.3 is 0 Å². The molecule has 1 amide bonds. The van der Waals surface area contributed by atoms with Crippen LogP contribution in [0.5, 0.6) is 5.75 Å². The molecule has 0 radical (unpaired) electrons. The number of amides is 1. The van der Waals surface area contributed by atoms with Gasteiger partial charge in [-0.2, -0.15) is 0 Å². The third-order valence-electron chi connectivity index (χ3n) is 3.01. The summed E-state index contributed by atoms with van der Waals surface area (Å²) in [7, 11) is 1.42. The van der Waals surface area contributed by atoms with Gasteiger partial charge in [-0.1, -0.05) is 22.0 Å². The van der Waals surface area contributed by atoms with Crippen LogP contribution >= 0.6 is 15.9 Å². The standard InChI is InChI=1S/C13H15BrFNO2/c1-18-11-4-2-3-10(15)12(11)13(17)16-7-9(14)8-5-6-8/h2-4,8-9H,5-7H2,1H3,(H,16,17). The Balaban J connectivity index is 2.03. The molecule has 3 nitrogen and oxygen atoms in total. The molecule has 2 rings (SSSR count). The summed E-state index contributed by atoms with van der Waals surface area (Å²) < 4.78 is 18.6. The molecule has 1 saturated carbocycles. The van der Waals surface area contributed by atoms with Crippen LogP contribution in [0.1, 0.15) is 23.2 Å². The van der Waals surface area contributed by atoms with Crippen LogP contribution in [0.15, 0.2) is 18.2 Å². The van der Waals surface area contributed by atoms with Crippen LogP contribution in [0, 0.1) is 11.7 Å². The average molecular weight is 316 g/mol. The van der Waals surface area contributed by atoms with Gasteiger partial charge in [-0.05, 0) is 30.9 Å². The SMILES string of the molecule is COc1cccc(F)c1C(=O)NCC(Br)C1CC1. The molecule has 0 bridgehead atoms. The first kappa shape index (κ1) is 13.3. The first-order chi connectivity index (χ1) is 8.63. The number of carbonyl (C=O) groups is 1. The Morgan fingerprint density at radius 2 is 2.33 bits per heavy atom. The van der Waals surface area contributed by atoms with E-state index in [0.717, 1.165) is 0 Å². The summed E-state index contributed by atoms with van der Waals surface area (Å²) in [6, 6.07) is 4.34. The second kappa shape index (κ2) is 5.69. The highest BCUT2D eigenvalue weighted by atomic mass is 79.9. The molecule has 1 aliphatic rings. The largest absolute Gasteiger partial charge is 0.496 e. The number of halogens is 2. The molecule has 0 heterocycles. The fourth-order valence-corrected chi connectivity index (χ4v) is 2.49. The van der Waals surface area contributed by atoms with Gasteiger partial charge in [-0.15, -0.1) is 0 Å². The van der Waals surface area contributed by atoms with Gasteiger partial charge in [-0.3, -0.25) is 4.79 Å². The summed E-state index contributed by atoms with van der Waals surface area (Å²) in [5, 5.41) is 2.73. The van der Waals surface area contributed by atoms with E-state index in [1.165, 1.54) is 32.1 Å². The minimum absolute atomic E-state index is 0.0319. The molecule has 0 saturated heterocycles. The predicted octanol–water partition coefficient (Wildman–Crippen LogP) is 2.74. The summed E-state index contributed by atoms with van der Waals surface area (Å²) in [5.41, 5.74) is -0.0319. The lowest BCUT2D eigenvalue weighted by Crippen LogP contribution is -2.31. The average Bonchev–Trinajstić information content (AvgIpc) is 3.19. The van der Waals surface area contributed by atoms with Crippen molar-refractivity contribution in [2.24, 2.45) is 5.92 Å². The highest BCUT2D eigenvalue weighted by Crippen LogP contribution is 2.36. The molecule has 5 heteroatoms. The predicted molar refractivity (Wildman–Crippen MR) is 70.7 cm³/mol. The lowest BCUT2D eigenvalue weighted by Gasteiger charge is -2.12. The zero-order valence-electron chi connectivity index (χ0n) is 10.1. The maximum Gasteiger partial charge on any atom is 0.258 e. The lowest BCUT2D eigenvalue weighted by molar-refractivity contribution is 0.0946. The van der Waals surface area contributed by atoms with Crippen molar-refractivity contribution in [3.8, 4) is 5.75 Å². The minimum Gasteiger partial charge on any atom is -0.496 e. The molecule has 0 spiro atoms. The molecular weight excluding hydrogens is 301 g/mol. The van der Waals surface area contributed by atoms with Crippen LogP contribution in [-0.2, 0) is 0 Å². The van der Waals surface area contributed by atoms with E-state index < -0.39 is 11.7 Å². The second-order valence-electron chi connectivity index (χ2n) is 4.38. The number of hydrogen-bond donors (Lipinski definition) is 1. The van der Waals surface area contributed by atoms with E-state index in [-0.39, 0.29) is 16.1 Å². The van der Waals surface area contributed by atoms with Gasteiger partial charge in [0.15, 0.2) is 0 Å². The number of nitrogens with one attached hydrogen (secondary N) is 1. The van der Waals surface area contributed by atoms with Gasteiger partial charge < -0.3 is 10.1 Å². The minimum atomic E-state index is -0.565. The molecule has 1 aromatic rings. The van der Waals surface area contributed by atoms with Gasteiger partial charge in [0.05, 0.1) is 7.11 Å². The molecule has 1 N–H and O–H groups in total. The van der Waals surface area contributed by atoms with E-state index in [1.807, 2.05) is 0 Å². The molecule has 0 aromatic heterocycles. The summed E-state index contributed by atoms with van der Waals surface area (Å²) in [5.74, 6) is -0.114. The quantitative estimate of drug-likeness (QED) is 0.848. The molecule has 0 aliphatic heterocycles. The molecule has 1 aromatic carbocycles. The van der Waals surface area contributed by atoms with Crippen molar-refractivity contribution in [1.29, 1.82) is 0 Å². The second-order valence-corrected chi connectivity index (χ2v) is 5.56. The topological polar surface area (TPSA) is 38.3 Å². The van der Waals surface area contributed by atoms with Crippen LogP contribution in [0.3, 0.4) is 0 Å². The Bertz CT molecular complexity index is 449. The van der Waals surface area contributed by atoms with Crippen molar-refractivity contribution < 1.29 is 13.9 Å². The van der Waals surface area contributed by atoms with Crippen LogP contribution in [0.4, 0.5) is 4.39 Å². The lowest BCUT2D eigenvalue weighted by atomic mass is 10.1. The van der Waals surface area contributed by atoms with Crippen LogP contribution < -0.4 is 10.1 Å². The Hall–Kier alpha value is -1.10. The van der Waals surface area contributed by atoms with Gasteiger partial charge in [0.25, 0.3) is 5.91 Å². The van der Waals surface area contributed by atoms with E-state index in [9.17, 15) is 9.18 Å². The Morgan fingerprint density at radius 1 is 1.61 bits per heavy atom. The highest BCUT2D eigenvalue weighted by molar-refractivity contribution is 9.09. The first-order valence-corrected chi connectivity index (χ1v) is 6.80. The summed E-state index contributed by atoms with van der Waals surface area (Å²) in [6.07, 6.45) is 2.38. The summed E-state index contributed by atoms with van der Waals surface area (Å²) >= 11 is 3.52. The molecular formula is C13H15BrFNO2. The first-order valence-electron chi connectivity index (χ1n) is 5.88. The van der Waals surface area contributed by atoms with E-state index in [1.54, 1.807) is 6.07 Å². The van der Waals surface area contributed by atoms with Gasteiger partial charge in [0, 0.05) is 11.4 Å². The Morgan fingerprint density at radius 3 is 2.94 bits per heavy atom. The van der Waals surface area contributed by atoms with Crippen LogP contribution in [-0.4, -0.2) is 24.4 Å². The fourth-order valence-electron chi connectivity index (χ4n) is 1.80. The van der Waals surface area contributed by atoms with Crippen molar-refractivity contribution >= 4 is 21.8 Å². The highest BCUT2D eigenvalue weighted by Gasteiger charge is 2.29. The number of carbonyl (C=O) groups excluding carboxylic acids is 1. The normalized spacial score (nSPS) is 16.2. The van der Waals surface area contributed by atoms with E-state index >= 15 is 0 Å². The third kappa shape index (κ3) is 3.02. The molecule has 1 unspecified atom stereocenters. The molecule has 18 heavy (non-hydrogen) atoms. The van der Waals surface area contributed by atoms with Gasteiger partial charge in [0.2, 0.25) is 0 Å². The number of rotatable bonds is 5. The van der Waals surface area contributed by atoms with Gasteiger partial charge in [-0.25, -0.2) is 4.39 Å². The maximum atomic E-state index is 13.6. The zero-order chi connectivity index (χ0) is 13.1. The Labute approximate surface area is 114 Å². The number of hydrogen-bond acceptors (Lipinski definition) is 2. The maximum absolute atomic E-state index is 13.6. The monoisotopic (exact) mass is 315 g/mol. The van der Waals surface area contributed by atoms with Crippen molar-refractivity contribution in [3.63, 3.8) is 0 Å². The van der Waals surface area contributed by atoms with Crippen molar-refractivity contribution in [2.45, 2.75) is 17.7 Å². The number of methoxy groups -OCH3 is 1. The van der Waals surface area contributed by atoms with Crippen molar-refractivity contribution in [1.82, 2.24) is 5.32 Å². The van der Waals surface area contributed by atoms with Crippen LogP contribution in [0.2, 0.25) is 0 Å².